The Morgan fingerprint density at radius 3 is 1.42 bits per heavy atom. The first-order valence-corrected chi connectivity index (χ1v) is 15.4. The van der Waals surface area contributed by atoms with Crippen molar-refractivity contribution in [3.8, 4) is 0 Å². The fraction of sp³-hybridized carbons (Fsp3) is 0.371. The molecule has 2 aliphatic heterocycles. The summed E-state index contributed by atoms with van der Waals surface area (Å²) < 4.78 is 0. The van der Waals surface area contributed by atoms with Gasteiger partial charge in [0, 0.05) is 40.0 Å². The number of carbonyl (C=O) groups is 4. The van der Waals surface area contributed by atoms with Gasteiger partial charge in [-0.3, -0.25) is 24.2 Å². The van der Waals surface area contributed by atoms with Crippen molar-refractivity contribution in [1.82, 2.24) is 24.7 Å². The number of hydrogen-bond donors (Lipinski definition) is 0. The standard InChI is InChI=1S/C35H41N5O5/c1-25-32(28-16-10-6-11-17-28)39(34(43)36(25)3)30(41)20-22-38(45-24-27-14-8-5-9-15-27)23-21-31(42)40-33(26(2)37(4)35(40)44)29-18-12-7-13-19-29/h5-19,25-26,32-33H,20-24H2,1-4H3/t25-,26-,32-,33-/m0/s1. The van der Waals surface area contributed by atoms with Gasteiger partial charge in [0.15, 0.2) is 0 Å². The number of rotatable bonds is 11. The number of likely N-dealkylation sites (N-methyl/N-ethyl adjacent to an activating group) is 2. The van der Waals surface area contributed by atoms with Crippen LogP contribution in [0.1, 0.15) is 55.5 Å². The van der Waals surface area contributed by atoms with Crippen molar-refractivity contribution >= 4 is 23.9 Å². The van der Waals surface area contributed by atoms with Gasteiger partial charge in [-0.1, -0.05) is 91.0 Å². The lowest BCUT2D eigenvalue weighted by atomic mass is 10.00. The molecule has 6 amide bonds. The van der Waals surface area contributed by atoms with E-state index in [2.05, 4.69) is 0 Å². The molecule has 0 N–H and O–H groups in total. The highest BCUT2D eigenvalue weighted by atomic mass is 16.7. The average molecular weight is 612 g/mol. The van der Waals surface area contributed by atoms with E-state index in [0.29, 0.717) is 0 Å². The summed E-state index contributed by atoms with van der Waals surface area (Å²) >= 11 is 0. The Balaban J connectivity index is 1.29. The molecule has 5 rings (SSSR count). The molecule has 3 aromatic rings. The first-order chi connectivity index (χ1) is 21.7. The lowest BCUT2D eigenvalue weighted by Gasteiger charge is -2.27. The maximum Gasteiger partial charge on any atom is 0.327 e. The molecule has 3 aromatic carbocycles. The zero-order valence-corrected chi connectivity index (χ0v) is 26.3. The van der Waals surface area contributed by atoms with Crippen LogP contribution in [0.15, 0.2) is 91.0 Å². The van der Waals surface area contributed by atoms with E-state index in [1.165, 1.54) is 9.80 Å². The SMILES string of the molecule is C[C@H]1[C@@H](c2ccccc2)N(C(=O)CCN(CCC(=O)N2C(=O)N(C)[C@@H](C)[C@H]2c2ccccc2)OCc2ccccc2)C(=O)N1C. The highest BCUT2D eigenvalue weighted by molar-refractivity contribution is 5.97. The van der Waals surface area contributed by atoms with Crippen LogP contribution in [0.4, 0.5) is 9.59 Å². The van der Waals surface area contributed by atoms with E-state index in [1.807, 2.05) is 105 Å². The summed E-state index contributed by atoms with van der Waals surface area (Å²) in [4.78, 5) is 65.6. The number of hydroxylamine groups is 2. The molecule has 0 bridgehead atoms. The van der Waals surface area contributed by atoms with Crippen molar-refractivity contribution in [2.45, 2.75) is 57.5 Å². The maximum absolute atomic E-state index is 13.6. The van der Waals surface area contributed by atoms with E-state index in [-0.39, 0.29) is 68.5 Å². The number of amides is 6. The predicted octanol–water partition coefficient (Wildman–Crippen LogP) is 5.25. The third kappa shape index (κ3) is 6.77. The van der Waals surface area contributed by atoms with Gasteiger partial charge in [0.25, 0.3) is 0 Å². The second kappa shape index (κ2) is 14.0. The first kappa shape index (κ1) is 31.9. The largest absolute Gasteiger partial charge is 0.327 e. The molecule has 2 saturated heterocycles. The van der Waals surface area contributed by atoms with Crippen LogP contribution in [0.25, 0.3) is 0 Å². The molecule has 0 aliphatic carbocycles. The van der Waals surface area contributed by atoms with Crippen LogP contribution in [0.5, 0.6) is 0 Å². The van der Waals surface area contributed by atoms with Gasteiger partial charge in [-0.15, -0.1) is 0 Å². The highest BCUT2D eigenvalue weighted by Crippen LogP contribution is 2.36. The van der Waals surface area contributed by atoms with Crippen molar-refractivity contribution in [3.63, 3.8) is 0 Å². The lowest BCUT2D eigenvalue weighted by Crippen LogP contribution is -2.40. The topological polar surface area (TPSA) is 93.7 Å². The number of hydrogen-bond acceptors (Lipinski definition) is 6. The summed E-state index contributed by atoms with van der Waals surface area (Å²) in [5.74, 6) is -0.641. The Bertz CT molecular complexity index is 1400. The number of benzene rings is 3. The summed E-state index contributed by atoms with van der Waals surface area (Å²) in [6.45, 7) is 4.44. The molecule has 4 atom stereocenters. The van der Waals surface area contributed by atoms with E-state index in [0.717, 1.165) is 16.7 Å². The lowest BCUT2D eigenvalue weighted by molar-refractivity contribution is -0.175. The molecule has 45 heavy (non-hydrogen) atoms. The Labute approximate surface area is 264 Å². The molecule has 2 aliphatic rings. The number of carbonyl (C=O) groups excluding carboxylic acids is 4. The van der Waals surface area contributed by atoms with Gasteiger partial charge in [0.05, 0.1) is 30.8 Å². The monoisotopic (exact) mass is 611 g/mol. The summed E-state index contributed by atoms with van der Waals surface area (Å²) in [7, 11) is 3.41. The molecule has 0 unspecified atom stereocenters. The maximum atomic E-state index is 13.6. The fourth-order valence-electron chi connectivity index (χ4n) is 6.12. The molecular formula is C35H41N5O5. The van der Waals surface area contributed by atoms with Gasteiger partial charge in [-0.2, -0.15) is 5.06 Å². The summed E-state index contributed by atoms with van der Waals surface area (Å²) in [6, 6.07) is 26.8. The Morgan fingerprint density at radius 1 is 0.644 bits per heavy atom. The van der Waals surface area contributed by atoms with Gasteiger partial charge in [0.2, 0.25) is 11.8 Å². The molecule has 2 heterocycles. The van der Waals surface area contributed by atoms with Crippen LogP contribution in [0.3, 0.4) is 0 Å². The highest BCUT2D eigenvalue weighted by Gasteiger charge is 2.46. The van der Waals surface area contributed by atoms with Crippen LogP contribution in [-0.4, -0.2) is 87.8 Å². The van der Waals surface area contributed by atoms with Crippen LogP contribution >= 0.6 is 0 Å². The van der Waals surface area contributed by atoms with Crippen molar-refractivity contribution in [1.29, 1.82) is 0 Å². The van der Waals surface area contributed by atoms with E-state index in [9.17, 15) is 19.2 Å². The minimum absolute atomic E-state index is 0.00761. The molecule has 10 heteroatoms. The minimum Gasteiger partial charge on any atom is -0.322 e. The molecule has 0 radical (unpaired) electrons. The fourth-order valence-corrected chi connectivity index (χ4v) is 6.12. The molecule has 2 fully saturated rings. The van der Waals surface area contributed by atoms with Gasteiger partial charge >= 0.3 is 12.1 Å². The van der Waals surface area contributed by atoms with Crippen molar-refractivity contribution in [2.24, 2.45) is 0 Å². The van der Waals surface area contributed by atoms with Crippen LogP contribution in [-0.2, 0) is 21.0 Å². The third-order valence-corrected chi connectivity index (χ3v) is 8.93. The summed E-state index contributed by atoms with van der Waals surface area (Å²) in [6.07, 6.45) is 0.0152. The van der Waals surface area contributed by atoms with Gasteiger partial charge < -0.3 is 9.80 Å². The molecule has 0 saturated carbocycles. The van der Waals surface area contributed by atoms with Crippen molar-refractivity contribution < 1.29 is 24.0 Å². The smallest absolute Gasteiger partial charge is 0.322 e. The normalized spacial score (nSPS) is 21.7. The third-order valence-electron chi connectivity index (χ3n) is 8.93. The molecular weight excluding hydrogens is 570 g/mol. The van der Waals surface area contributed by atoms with Gasteiger partial charge in [0.1, 0.15) is 0 Å². The van der Waals surface area contributed by atoms with E-state index in [1.54, 1.807) is 29.0 Å². The predicted molar refractivity (Wildman–Crippen MR) is 169 cm³/mol. The van der Waals surface area contributed by atoms with Crippen LogP contribution < -0.4 is 0 Å². The number of urea groups is 2. The zero-order chi connectivity index (χ0) is 32.1. The van der Waals surface area contributed by atoms with Gasteiger partial charge in [-0.05, 0) is 30.5 Å². The van der Waals surface area contributed by atoms with Crippen molar-refractivity contribution in [2.75, 3.05) is 27.2 Å². The molecule has 10 nitrogen and oxygen atoms in total. The Hall–Kier alpha value is -4.54. The quantitative estimate of drug-likeness (QED) is 0.275. The molecule has 0 aromatic heterocycles. The first-order valence-electron chi connectivity index (χ1n) is 15.4. The minimum atomic E-state index is -0.411. The van der Waals surface area contributed by atoms with Gasteiger partial charge in [-0.25, -0.2) is 9.59 Å². The number of imide groups is 2. The number of nitrogens with zero attached hydrogens (tertiary/aromatic N) is 5. The summed E-state index contributed by atoms with van der Waals surface area (Å²) in [5.41, 5.74) is 2.71. The van der Waals surface area contributed by atoms with Crippen LogP contribution in [0.2, 0.25) is 0 Å². The second-order valence-electron chi connectivity index (χ2n) is 11.7. The van der Waals surface area contributed by atoms with Crippen molar-refractivity contribution in [3.05, 3.63) is 108 Å². The Morgan fingerprint density at radius 2 is 1.02 bits per heavy atom. The Kier molecular flexibility index (Phi) is 9.95. The van der Waals surface area contributed by atoms with Crippen LogP contribution in [0, 0.1) is 0 Å². The molecule has 0 spiro atoms. The average Bonchev–Trinajstić information content (AvgIpc) is 3.44. The summed E-state index contributed by atoms with van der Waals surface area (Å²) in [5, 5.41) is 1.60. The van der Waals surface area contributed by atoms with E-state index in [4.69, 9.17) is 4.84 Å². The molecule has 236 valence electrons. The van der Waals surface area contributed by atoms with E-state index >= 15 is 0 Å². The van der Waals surface area contributed by atoms with E-state index < -0.39 is 12.1 Å². The second-order valence-corrected chi connectivity index (χ2v) is 11.7. The zero-order valence-electron chi connectivity index (χ0n) is 26.3.